The van der Waals surface area contributed by atoms with Gasteiger partial charge in [-0.25, -0.2) is 14.4 Å². The second kappa shape index (κ2) is 51.5. The lowest BCUT2D eigenvalue weighted by atomic mass is 9.93. The first kappa shape index (κ1) is 101. The minimum Gasteiger partial charge on any atom is -0.465 e. The molecule has 1 aliphatic heterocycles. The first-order chi connectivity index (χ1) is 46.4. The zero-order valence-corrected chi connectivity index (χ0v) is 64.6. The second-order valence-electron chi connectivity index (χ2n) is 26.9. The molecule has 0 saturated carbocycles. The van der Waals surface area contributed by atoms with Crippen molar-refractivity contribution in [3.8, 4) is 0 Å². The predicted molar refractivity (Wildman–Crippen MR) is 372 cm³/mol. The second-order valence-corrected chi connectivity index (χ2v) is 27.3. The van der Waals surface area contributed by atoms with Gasteiger partial charge in [-0.05, 0) is 73.3 Å². The normalized spacial score (nSPS) is 13.7. The van der Waals surface area contributed by atoms with Gasteiger partial charge in [-0.3, -0.25) is 43.2 Å². The maximum absolute atomic E-state index is 13.4. The van der Waals surface area contributed by atoms with Gasteiger partial charge < -0.3 is 90.4 Å². The maximum atomic E-state index is 13.4. The molecule has 0 aliphatic carbocycles. The molecule has 584 valence electrons. The number of carbonyl (C=O) groups is 12. The Bertz CT molecular complexity index is 2750. The van der Waals surface area contributed by atoms with E-state index in [1.54, 1.807) is 37.3 Å². The van der Waals surface area contributed by atoms with Crippen molar-refractivity contribution in [3.05, 3.63) is 71.8 Å². The Morgan fingerprint density at radius 1 is 0.471 bits per heavy atom. The van der Waals surface area contributed by atoms with Crippen molar-refractivity contribution in [2.45, 2.75) is 94.8 Å². The molecule has 2 aromatic carbocycles. The van der Waals surface area contributed by atoms with Crippen molar-refractivity contribution in [1.82, 2.24) is 4.90 Å². The van der Waals surface area contributed by atoms with Gasteiger partial charge in [0, 0.05) is 46.4 Å². The lowest BCUT2D eigenvalue weighted by Crippen LogP contribution is -2.44. The van der Waals surface area contributed by atoms with Crippen molar-refractivity contribution < 1.29 is 143 Å². The van der Waals surface area contributed by atoms with Crippen LogP contribution in [0, 0.1) is 27.1 Å². The van der Waals surface area contributed by atoms with Gasteiger partial charge in [0.05, 0.1) is 88.4 Å². The number of benzene rings is 2. The number of esters is 9. The summed E-state index contributed by atoms with van der Waals surface area (Å²) >= 11 is 5.44. The van der Waals surface area contributed by atoms with Crippen LogP contribution in [-0.4, -0.2) is 265 Å². The molecule has 2 atom stereocenters. The number of cyclic esters (lactones) is 2. The number of hydrogen-bond acceptors (Lipinski definition) is 29. The van der Waals surface area contributed by atoms with E-state index in [1.165, 1.54) is 41.5 Å². The number of alkyl halides is 1. The van der Waals surface area contributed by atoms with Gasteiger partial charge in [-0.15, -0.1) is 36.4 Å². The van der Waals surface area contributed by atoms with Gasteiger partial charge in [-0.2, -0.15) is 0 Å². The molecule has 3 rings (SSSR count). The molecule has 0 spiro atoms. The molecule has 34 heteroatoms. The van der Waals surface area contributed by atoms with Crippen LogP contribution in [-0.2, 0) is 123 Å². The van der Waals surface area contributed by atoms with Crippen LogP contribution in [0.25, 0.3) is 0 Å². The Kier molecular flexibility index (Phi) is 50.8. The first-order valence-electron chi connectivity index (χ1n) is 31.6. The van der Waals surface area contributed by atoms with Gasteiger partial charge in [-0.1, -0.05) is 60.7 Å². The first-order valence-corrected chi connectivity index (χ1v) is 32.2. The van der Waals surface area contributed by atoms with E-state index in [-0.39, 0.29) is 71.1 Å². The van der Waals surface area contributed by atoms with E-state index in [2.05, 4.69) is 14.2 Å². The standard InChI is InChI=1S/C40H64N2O16.C12H16O4.C9H13ClO5.C4H6O3.C3H9N.2ClH/c1-30(43)53-24-38(3,33(45)50-21-15-19-41(6,7)8)26-55-36(48)57-28-40(5,35(47)52-23-32-17-13-12-14-18-32)29-58-37(49)56-27-39(4,25-54-31(2)44)34(46)51-22-16-20-42(9,10)11;1-12(8-13,9-14)11(15)16-7-10-5-3-2-4-6-10;1-9(5-14-8(12)15-6-9)7(11)13-4-2-3-10;1-3(5)7-4(2)6;1-4(2)3;;/h12-14,17-18H,15-16,19-29H2,1-11H3;2-6,13-14H,7-9H2,1H3;2-6H2,1H3;1-2H3;1-3H3;2*1H/q+2;;;;;;. The number of quaternary nitrogens is 2. The van der Waals surface area contributed by atoms with Crippen LogP contribution >= 0.6 is 36.4 Å². The van der Waals surface area contributed by atoms with Crippen LogP contribution in [0.1, 0.15) is 92.7 Å². The summed E-state index contributed by atoms with van der Waals surface area (Å²) in [7, 11) is 17.9. The fourth-order valence-electron chi connectivity index (χ4n) is 6.92. The molecular formula is C68H110Cl3N3O28+2. The number of rotatable bonds is 34. The van der Waals surface area contributed by atoms with Gasteiger partial charge in [0.15, 0.2) is 0 Å². The molecule has 1 aliphatic rings. The summed E-state index contributed by atoms with van der Waals surface area (Å²) in [5, 5.41) is 18.0. The molecule has 2 aromatic rings. The molecule has 1 fully saturated rings. The summed E-state index contributed by atoms with van der Waals surface area (Å²) in [5.74, 6) is -5.53. The molecule has 0 bridgehead atoms. The van der Waals surface area contributed by atoms with Crippen molar-refractivity contribution >= 4 is 109 Å². The summed E-state index contributed by atoms with van der Waals surface area (Å²) in [4.78, 5) is 144. The monoisotopic (exact) mass is 1520 g/mol. The lowest BCUT2D eigenvalue weighted by Gasteiger charge is -2.29. The smallest absolute Gasteiger partial charge is 0.465 e. The largest absolute Gasteiger partial charge is 0.508 e. The van der Waals surface area contributed by atoms with Gasteiger partial charge in [0.1, 0.15) is 93.1 Å². The zero-order valence-electron chi connectivity index (χ0n) is 62.2. The van der Waals surface area contributed by atoms with Crippen molar-refractivity contribution in [2.75, 3.05) is 168 Å². The van der Waals surface area contributed by atoms with E-state index >= 15 is 0 Å². The average Bonchev–Trinajstić information content (AvgIpc) is 0.843. The van der Waals surface area contributed by atoms with Crippen LogP contribution in [0.3, 0.4) is 0 Å². The molecule has 2 N–H and O–H groups in total. The predicted octanol–water partition coefficient (Wildman–Crippen LogP) is 6.63. The third-order valence-electron chi connectivity index (χ3n) is 13.0. The van der Waals surface area contributed by atoms with E-state index in [0.29, 0.717) is 52.8 Å². The summed E-state index contributed by atoms with van der Waals surface area (Å²) in [6.45, 7) is 9.18. The van der Waals surface area contributed by atoms with E-state index in [4.69, 9.17) is 73.9 Å². The fraction of sp³-hybridized carbons (Fsp3) is 0.647. The quantitative estimate of drug-likeness (QED) is 0.0185. The Labute approximate surface area is 615 Å². The third kappa shape index (κ3) is 47.5. The minimum atomic E-state index is -1.83. The van der Waals surface area contributed by atoms with Gasteiger partial charge >= 0.3 is 72.2 Å². The zero-order chi connectivity index (χ0) is 77.0. The minimum absolute atomic E-state index is 0. The van der Waals surface area contributed by atoms with Crippen LogP contribution in [0.2, 0.25) is 0 Å². The third-order valence-corrected chi connectivity index (χ3v) is 13.3. The Hall–Kier alpha value is -7.65. The highest BCUT2D eigenvalue weighted by atomic mass is 35.5. The molecular weight excluding hydrogens is 1410 g/mol. The summed E-state index contributed by atoms with van der Waals surface area (Å²) < 4.78 is 71.8. The van der Waals surface area contributed by atoms with Crippen LogP contribution in [0.15, 0.2) is 60.7 Å². The highest BCUT2D eigenvalue weighted by Crippen LogP contribution is 2.27. The van der Waals surface area contributed by atoms with Crippen LogP contribution in [0.4, 0.5) is 14.4 Å². The molecule has 2 unspecified atom stereocenters. The van der Waals surface area contributed by atoms with E-state index in [1.807, 2.05) is 98.7 Å². The number of aliphatic hydroxyl groups excluding tert-OH is 2. The number of ether oxygens (including phenoxy) is 14. The highest BCUT2D eigenvalue weighted by molar-refractivity contribution is 6.17. The molecule has 0 radical (unpaired) electrons. The van der Waals surface area contributed by atoms with Crippen molar-refractivity contribution in [1.29, 1.82) is 0 Å². The Balaban J connectivity index is -0.000000868. The summed E-state index contributed by atoms with van der Waals surface area (Å²) in [5.41, 5.74) is -5.65. The molecule has 1 heterocycles. The average molecular weight is 1520 g/mol. The van der Waals surface area contributed by atoms with Crippen LogP contribution < -0.4 is 0 Å². The van der Waals surface area contributed by atoms with E-state index in [0.717, 1.165) is 19.4 Å². The lowest BCUT2D eigenvalue weighted by molar-refractivity contribution is -0.870. The molecule has 0 amide bonds. The van der Waals surface area contributed by atoms with Gasteiger partial charge in [0.25, 0.3) is 0 Å². The Morgan fingerprint density at radius 2 is 0.765 bits per heavy atom. The number of carbonyl (C=O) groups excluding carboxylic acids is 12. The Morgan fingerprint density at radius 3 is 1.04 bits per heavy atom. The van der Waals surface area contributed by atoms with E-state index in [9.17, 15) is 57.5 Å². The van der Waals surface area contributed by atoms with Gasteiger partial charge in [0.2, 0.25) is 0 Å². The number of halogens is 3. The number of aliphatic hydroxyl groups is 2. The number of nitrogens with zero attached hydrogens (tertiary/aromatic N) is 3. The topological polar surface area (TPSA) is 378 Å². The van der Waals surface area contributed by atoms with E-state index < -0.39 is 152 Å². The fourth-order valence-corrected chi connectivity index (χ4v) is 7.03. The SMILES string of the molecule is CC(=O)OC(C)=O.CC(=O)OCC(C)(COC(=O)OCC(C)(COC(=O)OCC(C)(COC(C)=O)C(=O)OCCC[N+](C)(C)C)C(=O)OCc1ccccc1)C(=O)OCCC[N+](C)(C)C.CC(CO)(CO)C(=O)OCc1ccccc1.CC1(C(=O)OCCCCl)COC(=O)OC1.CN(C)C.Cl.Cl. The molecule has 0 aromatic heterocycles. The molecule has 1 saturated heterocycles. The molecule has 102 heavy (non-hydrogen) atoms. The van der Waals surface area contributed by atoms with Crippen molar-refractivity contribution in [2.24, 2.45) is 27.1 Å². The summed E-state index contributed by atoms with van der Waals surface area (Å²) in [6, 6.07) is 17.9. The van der Waals surface area contributed by atoms with Crippen LogP contribution in [0.5, 0.6) is 0 Å². The summed E-state index contributed by atoms with van der Waals surface area (Å²) in [6.07, 6.45) is -1.66. The highest BCUT2D eigenvalue weighted by Gasteiger charge is 2.44. The molecule has 31 nitrogen and oxygen atoms in total. The maximum Gasteiger partial charge on any atom is 0.508 e. The number of hydrogen-bond donors (Lipinski definition) is 2. The van der Waals surface area contributed by atoms with Crippen molar-refractivity contribution in [3.63, 3.8) is 0 Å².